The number of aldehydes is 1. The van der Waals surface area contributed by atoms with Gasteiger partial charge in [-0.2, -0.15) is 0 Å². The van der Waals surface area contributed by atoms with E-state index in [-0.39, 0.29) is 5.91 Å². The van der Waals surface area contributed by atoms with Gasteiger partial charge in [-0.3, -0.25) is 4.79 Å². The first-order valence-electron chi connectivity index (χ1n) is 5.04. The zero-order chi connectivity index (χ0) is 9.31. The first-order valence-corrected chi connectivity index (χ1v) is 5.04. The molecule has 1 amide bonds. The third-order valence-electron chi connectivity index (χ3n) is 3.16. The van der Waals surface area contributed by atoms with E-state index < -0.39 is 5.41 Å². The minimum absolute atomic E-state index is 0.0330. The van der Waals surface area contributed by atoms with Crippen molar-refractivity contribution in [3.05, 3.63) is 0 Å². The minimum atomic E-state index is -0.622. The maximum atomic E-state index is 11.6. The molecule has 3 nitrogen and oxygen atoms in total. The maximum absolute atomic E-state index is 11.6. The van der Waals surface area contributed by atoms with Crippen molar-refractivity contribution in [3.63, 3.8) is 0 Å². The van der Waals surface area contributed by atoms with E-state index in [1.807, 2.05) is 0 Å². The van der Waals surface area contributed by atoms with E-state index in [1.54, 1.807) is 0 Å². The molecule has 3 heteroatoms. The maximum Gasteiger partial charge on any atom is 0.233 e. The Hall–Kier alpha value is -0.860. The van der Waals surface area contributed by atoms with E-state index in [2.05, 4.69) is 5.32 Å². The SMILES string of the molecule is O=CC1(C(=O)NC2CCCC2)CC1. The molecule has 0 aromatic heterocycles. The number of carbonyl (C=O) groups excluding carboxylic acids is 2. The van der Waals surface area contributed by atoms with E-state index in [1.165, 1.54) is 12.8 Å². The van der Waals surface area contributed by atoms with Crippen molar-refractivity contribution in [1.29, 1.82) is 0 Å². The average molecular weight is 181 g/mol. The molecule has 2 aliphatic carbocycles. The van der Waals surface area contributed by atoms with Crippen LogP contribution in [0.5, 0.6) is 0 Å². The predicted octanol–water partition coefficient (Wildman–Crippen LogP) is 1.02. The highest BCUT2D eigenvalue weighted by Crippen LogP contribution is 2.43. The van der Waals surface area contributed by atoms with Crippen LogP contribution in [0.3, 0.4) is 0 Å². The molecule has 0 heterocycles. The Balaban J connectivity index is 1.87. The standard InChI is InChI=1S/C10H15NO2/c12-7-10(5-6-10)9(13)11-8-3-1-2-4-8/h7-8H,1-6H2,(H,11,13). The van der Waals surface area contributed by atoms with Crippen LogP contribution < -0.4 is 5.32 Å². The average Bonchev–Trinajstić information content (AvgIpc) is 2.79. The number of amides is 1. The first kappa shape index (κ1) is 8.73. The third kappa shape index (κ3) is 1.60. The van der Waals surface area contributed by atoms with Gasteiger partial charge in [0.05, 0.1) is 0 Å². The van der Waals surface area contributed by atoms with Crippen LogP contribution in [0.4, 0.5) is 0 Å². The highest BCUT2D eigenvalue weighted by molar-refractivity contribution is 5.99. The highest BCUT2D eigenvalue weighted by atomic mass is 16.2. The molecule has 0 spiro atoms. The summed E-state index contributed by atoms with van der Waals surface area (Å²) in [5.74, 6) is -0.0330. The molecule has 2 saturated carbocycles. The van der Waals surface area contributed by atoms with Crippen molar-refractivity contribution in [1.82, 2.24) is 5.32 Å². The van der Waals surface area contributed by atoms with Gasteiger partial charge >= 0.3 is 0 Å². The fourth-order valence-corrected chi connectivity index (χ4v) is 1.93. The van der Waals surface area contributed by atoms with Gasteiger partial charge in [-0.1, -0.05) is 12.8 Å². The van der Waals surface area contributed by atoms with Crippen molar-refractivity contribution in [3.8, 4) is 0 Å². The summed E-state index contributed by atoms with van der Waals surface area (Å²) in [5.41, 5.74) is -0.622. The second-order valence-electron chi connectivity index (χ2n) is 4.23. The zero-order valence-corrected chi connectivity index (χ0v) is 7.71. The fraction of sp³-hybridized carbons (Fsp3) is 0.800. The lowest BCUT2D eigenvalue weighted by Gasteiger charge is -2.14. The molecule has 0 unspecified atom stereocenters. The molecular weight excluding hydrogens is 166 g/mol. The van der Waals surface area contributed by atoms with Gasteiger partial charge in [-0.05, 0) is 25.7 Å². The number of hydrogen-bond acceptors (Lipinski definition) is 2. The predicted molar refractivity (Wildman–Crippen MR) is 48.1 cm³/mol. The van der Waals surface area contributed by atoms with Gasteiger partial charge in [0.1, 0.15) is 11.7 Å². The summed E-state index contributed by atoms with van der Waals surface area (Å²) >= 11 is 0. The van der Waals surface area contributed by atoms with Gasteiger partial charge in [0.15, 0.2) is 0 Å². The Labute approximate surface area is 77.9 Å². The van der Waals surface area contributed by atoms with Crippen molar-refractivity contribution in [2.45, 2.75) is 44.6 Å². The molecule has 2 fully saturated rings. The second kappa shape index (κ2) is 3.13. The van der Waals surface area contributed by atoms with E-state index in [0.29, 0.717) is 6.04 Å². The van der Waals surface area contributed by atoms with E-state index in [0.717, 1.165) is 32.0 Å². The number of hydrogen-bond donors (Lipinski definition) is 1. The van der Waals surface area contributed by atoms with Gasteiger partial charge in [0.2, 0.25) is 5.91 Å². The van der Waals surface area contributed by atoms with Crippen LogP contribution in [0.15, 0.2) is 0 Å². The molecular formula is C10H15NO2. The van der Waals surface area contributed by atoms with E-state index in [4.69, 9.17) is 0 Å². The number of nitrogens with one attached hydrogen (secondary N) is 1. The molecule has 0 aliphatic heterocycles. The molecule has 0 bridgehead atoms. The molecule has 0 saturated heterocycles. The Morgan fingerprint density at radius 2 is 1.92 bits per heavy atom. The lowest BCUT2D eigenvalue weighted by molar-refractivity contribution is -0.131. The van der Waals surface area contributed by atoms with Crippen molar-refractivity contribution in [2.75, 3.05) is 0 Å². The monoisotopic (exact) mass is 181 g/mol. The van der Waals surface area contributed by atoms with Gasteiger partial charge in [0, 0.05) is 6.04 Å². The molecule has 0 aromatic carbocycles. The molecule has 2 aliphatic rings. The normalized spacial score (nSPS) is 25.5. The zero-order valence-electron chi connectivity index (χ0n) is 7.71. The molecule has 0 radical (unpaired) electrons. The summed E-state index contributed by atoms with van der Waals surface area (Å²) < 4.78 is 0. The molecule has 0 atom stereocenters. The molecule has 13 heavy (non-hydrogen) atoms. The van der Waals surface area contributed by atoms with Crippen LogP contribution in [0.25, 0.3) is 0 Å². The first-order chi connectivity index (χ1) is 6.27. The molecule has 72 valence electrons. The largest absolute Gasteiger partial charge is 0.353 e. The van der Waals surface area contributed by atoms with Crippen LogP contribution in [0, 0.1) is 5.41 Å². The number of carbonyl (C=O) groups is 2. The van der Waals surface area contributed by atoms with E-state index in [9.17, 15) is 9.59 Å². The van der Waals surface area contributed by atoms with Gasteiger partial charge in [-0.25, -0.2) is 0 Å². The summed E-state index contributed by atoms with van der Waals surface area (Å²) in [7, 11) is 0. The van der Waals surface area contributed by atoms with Gasteiger partial charge in [-0.15, -0.1) is 0 Å². The van der Waals surface area contributed by atoms with Gasteiger partial charge < -0.3 is 10.1 Å². The lowest BCUT2D eigenvalue weighted by atomic mass is 10.1. The Bertz CT molecular complexity index is 227. The lowest BCUT2D eigenvalue weighted by Crippen LogP contribution is -2.39. The Morgan fingerprint density at radius 1 is 1.31 bits per heavy atom. The summed E-state index contributed by atoms with van der Waals surface area (Å²) in [5, 5.41) is 2.96. The van der Waals surface area contributed by atoms with Crippen molar-refractivity contribution in [2.24, 2.45) is 5.41 Å². The highest BCUT2D eigenvalue weighted by Gasteiger charge is 2.50. The molecule has 0 aromatic rings. The Kier molecular flexibility index (Phi) is 2.10. The molecule has 1 N–H and O–H groups in total. The quantitative estimate of drug-likeness (QED) is 0.522. The van der Waals surface area contributed by atoms with Crippen LogP contribution >= 0.6 is 0 Å². The summed E-state index contributed by atoms with van der Waals surface area (Å²) in [4.78, 5) is 22.2. The fourth-order valence-electron chi connectivity index (χ4n) is 1.93. The van der Waals surface area contributed by atoms with Crippen LogP contribution in [0.2, 0.25) is 0 Å². The summed E-state index contributed by atoms with van der Waals surface area (Å²) in [6.07, 6.45) is 6.89. The topological polar surface area (TPSA) is 46.2 Å². The van der Waals surface area contributed by atoms with Gasteiger partial charge in [0.25, 0.3) is 0 Å². The van der Waals surface area contributed by atoms with Crippen LogP contribution in [-0.4, -0.2) is 18.2 Å². The third-order valence-corrected chi connectivity index (χ3v) is 3.16. The second-order valence-corrected chi connectivity index (χ2v) is 4.23. The van der Waals surface area contributed by atoms with E-state index >= 15 is 0 Å². The van der Waals surface area contributed by atoms with Crippen molar-refractivity contribution >= 4 is 12.2 Å². The summed E-state index contributed by atoms with van der Waals surface area (Å²) in [6.45, 7) is 0. The Morgan fingerprint density at radius 3 is 2.38 bits per heavy atom. The summed E-state index contributed by atoms with van der Waals surface area (Å²) in [6, 6.07) is 0.338. The smallest absolute Gasteiger partial charge is 0.233 e. The van der Waals surface area contributed by atoms with Crippen LogP contribution in [0.1, 0.15) is 38.5 Å². The molecule has 2 rings (SSSR count). The number of rotatable bonds is 3. The minimum Gasteiger partial charge on any atom is -0.353 e. The van der Waals surface area contributed by atoms with Crippen LogP contribution in [-0.2, 0) is 9.59 Å². The van der Waals surface area contributed by atoms with Crippen molar-refractivity contribution < 1.29 is 9.59 Å².